The van der Waals surface area contributed by atoms with E-state index in [-0.39, 0.29) is 11.0 Å². The molecule has 0 aliphatic heterocycles. The average molecular weight is 442 g/mol. The van der Waals surface area contributed by atoms with Gasteiger partial charge in [-0.15, -0.1) is 0 Å². The first-order valence-corrected chi connectivity index (χ1v) is 10.9. The molecule has 0 radical (unpaired) electrons. The van der Waals surface area contributed by atoms with E-state index in [0.29, 0.717) is 18.1 Å². The maximum atomic E-state index is 13.1. The molecule has 0 spiro atoms. The van der Waals surface area contributed by atoms with Crippen LogP contribution in [-0.4, -0.2) is 25.4 Å². The number of nitrogens with one attached hydrogen (secondary N) is 2. The van der Waals surface area contributed by atoms with Gasteiger partial charge in [0.05, 0.1) is 11.2 Å². The number of hydrogen-bond donors (Lipinski definition) is 2. The first kappa shape index (κ1) is 20.2. The Bertz CT molecular complexity index is 1240. The van der Waals surface area contributed by atoms with Crippen molar-refractivity contribution in [2.24, 2.45) is 0 Å². The Kier molecular flexibility index (Phi) is 5.87. The summed E-state index contributed by atoms with van der Waals surface area (Å²) < 4.78 is 27.4. The Balaban J connectivity index is 1.67. The monoisotopic (exact) mass is 441 g/mol. The van der Waals surface area contributed by atoms with E-state index < -0.39 is 11.0 Å². The molecular formula is C21H17ClFN5OS. The van der Waals surface area contributed by atoms with E-state index in [1.165, 1.54) is 24.7 Å². The third-order valence-corrected chi connectivity index (χ3v) is 5.24. The molecule has 0 amide bonds. The molecule has 2 heterocycles. The van der Waals surface area contributed by atoms with Crippen LogP contribution >= 0.6 is 11.6 Å². The van der Waals surface area contributed by atoms with Gasteiger partial charge < -0.3 is 10.0 Å². The minimum Gasteiger partial charge on any atom is -0.365 e. The quantitative estimate of drug-likeness (QED) is 0.420. The molecule has 2 N–H and O–H groups in total. The van der Waals surface area contributed by atoms with Gasteiger partial charge in [-0.3, -0.25) is 0 Å². The van der Waals surface area contributed by atoms with E-state index in [9.17, 15) is 8.60 Å². The molecule has 4 aromatic rings. The third-order valence-electron chi connectivity index (χ3n) is 4.43. The van der Waals surface area contributed by atoms with Gasteiger partial charge in [0.25, 0.3) is 0 Å². The number of anilines is 2. The Hall–Kier alpha value is -3.10. The molecule has 0 aliphatic rings. The molecule has 2 aromatic heterocycles. The van der Waals surface area contributed by atoms with E-state index in [2.05, 4.69) is 25.0 Å². The van der Waals surface area contributed by atoms with Crippen molar-refractivity contribution in [3.8, 4) is 11.1 Å². The lowest BCUT2D eigenvalue weighted by Crippen LogP contribution is -2.03. The fourth-order valence-electron chi connectivity index (χ4n) is 3.00. The first-order chi connectivity index (χ1) is 14.5. The molecule has 0 aliphatic carbocycles. The van der Waals surface area contributed by atoms with Crippen molar-refractivity contribution in [2.75, 3.05) is 16.3 Å². The van der Waals surface area contributed by atoms with Gasteiger partial charge in [0, 0.05) is 29.9 Å². The fourth-order valence-corrected chi connectivity index (χ4v) is 3.67. The van der Waals surface area contributed by atoms with E-state index in [0.717, 1.165) is 27.6 Å². The normalized spacial score (nSPS) is 12.0. The zero-order chi connectivity index (χ0) is 21.1. The van der Waals surface area contributed by atoms with Crippen LogP contribution in [0.4, 0.5) is 15.9 Å². The first-order valence-electron chi connectivity index (χ1n) is 8.98. The van der Waals surface area contributed by atoms with Crippen LogP contribution in [0, 0.1) is 5.82 Å². The summed E-state index contributed by atoms with van der Waals surface area (Å²) in [5, 5.41) is 4.37. The number of pyridine rings is 1. The molecule has 4 rings (SSSR count). The molecule has 9 heteroatoms. The predicted molar refractivity (Wildman–Crippen MR) is 119 cm³/mol. The zero-order valence-corrected chi connectivity index (χ0v) is 17.5. The lowest BCUT2D eigenvalue weighted by molar-refractivity contribution is 0.627. The summed E-state index contributed by atoms with van der Waals surface area (Å²) in [6.45, 7) is 0.496. The second kappa shape index (κ2) is 8.73. The van der Waals surface area contributed by atoms with Gasteiger partial charge in [0.1, 0.15) is 28.9 Å². The summed E-state index contributed by atoms with van der Waals surface area (Å²) in [5.41, 5.74) is 3.91. The molecular weight excluding hydrogens is 425 g/mol. The van der Waals surface area contributed by atoms with Crippen molar-refractivity contribution >= 4 is 45.0 Å². The Morgan fingerprint density at radius 2 is 1.83 bits per heavy atom. The summed E-state index contributed by atoms with van der Waals surface area (Å²) in [7, 11) is -1.27. The second-order valence-electron chi connectivity index (χ2n) is 6.55. The van der Waals surface area contributed by atoms with Crippen LogP contribution in [0.5, 0.6) is 0 Å². The van der Waals surface area contributed by atoms with Crippen LogP contribution < -0.4 is 10.0 Å². The van der Waals surface area contributed by atoms with Crippen LogP contribution in [0.1, 0.15) is 5.56 Å². The van der Waals surface area contributed by atoms with E-state index in [4.69, 9.17) is 11.6 Å². The highest BCUT2D eigenvalue weighted by atomic mass is 35.5. The van der Waals surface area contributed by atoms with Crippen molar-refractivity contribution in [1.82, 2.24) is 15.0 Å². The molecule has 1 atom stereocenters. The number of rotatable bonds is 6. The van der Waals surface area contributed by atoms with Crippen molar-refractivity contribution in [1.29, 1.82) is 0 Å². The minimum absolute atomic E-state index is 0.250. The molecule has 0 fully saturated rings. The molecule has 30 heavy (non-hydrogen) atoms. The third kappa shape index (κ3) is 4.55. The van der Waals surface area contributed by atoms with E-state index in [1.807, 2.05) is 18.2 Å². The van der Waals surface area contributed by atoms with Crippen molar-refractivity contribution in [3.63, 3.8) is 0 Å². The number of halogens is 2. The Morgan fingerprint density at radius 3 is 2.60 bits per heavy atom. The van der Waals surface area contributed by atoms with Gasteiger partial charge in [0.15, 0.2) is 5.15 Å². The van der Waals surface area contributed by atoms with Crippen molar-refractivity contribution in [2.45, 2.75) is 6.54 Å². The smallest absolute Gasteiger partial charge is 0.153 e. The van der Waals surface area contributed by atoms with Gasteiger partial charge >= 0.3 is 0 Å². The largest absolute Gasteiger partial charge is 0.365 e. The highest BCUT2D eigenvalue weighted by molar-refractivity contribution is 7.85. The van der Waals surface area contributed by atoms with Crippen LogP contribution in [0.3, 0.4) is 0 Å². The molecule has 0 bridgehead atoms. The number of benzene rings is 2. The van der Waals surface area contributed by atoms with Crippen molar-refractivity contribution in [3.05, 3.63) is 77.6 Å². The lowest BCUT2D eigenvalue weighted by Gasteiger charge is -2.11. The van der Waals surface area contributed by atoms with Gasteiger partial charge in [-0.25, -0.2) is 23.6 Å². The molecule has 152 valence electrons. The highest BCUT2D eigenvalue weighted by Crippen LogP contribution is 2.30. The zero-order valence-electron chi connectivity index (χ0n) is 15.9. The summed E-state index contributed by atoms with van der Waals surface area (Å²) in [6, 6.07) is 13.9. The standard InChI is InChI=1S/C21H17ClFN5OS/c1-30(29)28-19-9-15(11-24-20(19)22)14-4-7-18-17(8-14)21(27-12-26-18)25-10-13-2-5-16(23)6-3-13/h2-9,11-12,28H,10H2,1H3,(H,25,26,27). The van der Waals surface area contributed by atoms with Gasteiger partial charge in [-0.05, 0) is 41.5 Å². The maximum absolute atomic E-state index is 13.1. The Labute approximate surface area is 180 Å². The maximum Gasteiger partial charge on any atom is 0.153 e. The summed E-state index contributed by atoms with van der Waals surface area (Å²) in [4.78, 5) is 12.9. The number of aromatic nitrogens is 3. The van der Waals surface area contributed by atoms with Gasteiger partial charge in [0.2, 0.25) is 0 Å². The van der Waals surface area contributed by atoms with Crippen LogP contribution in [0.2, 0.25) is 5.15 Å². The molecule has 2 aromatic carbocycles. The van der Waals surface area contributed by atoms with E-state index in [1.54, 1.807) is 24.4 Å². The minimum atomic E-state index is -1.27. The Morgan fingerprint density at radius 1 is 1.03 bits per heavy atom. The van der Waals surface area contributed by atoms with Crippen LogP contribution in [0.25, 0.3) is 22.0 Å². The number of hydrogen-bond acceptors (Lipinski definition) is 5. The fraction of sp³-hybridized carbons (Fsp3) is 0.0952. The SMILES string of the molecule is CS(=O)Nc1cc(-c2ccc3ncnc(NCc4ccc(F)cc4)c3c2)cnc1Cl. The molecule has 0 saturated carbocycles. The number of nitrogens with zero attached hydrogens (tertiary/aromatic N) is 3. The predicted octanol–water partition coefficient (Wildman–Crippen LogP) is 4.80. The highest BCUT2D eigenvalue weighted by Gasteiger charge is 2.10. The number of fused-ring (bicyclic) bond motifs is 1. The van der Waals surface area contributed by atoms with Crippen LogP contribution in [0.15, 0.2) is 61.1 Å². The molecule has 0 saturated heterocycles. The second-order valence-corrected chi connectivity index (χ2v) is 8.02. The van der Waals surface area contributed by atoms with Crippen molar-refractivity contribution < 1.29 is 8.60 Å². The summed E-state index contributed by atoms with van der Waals surface area (Å²) in [5.74, 6) is 0.398. The van der Waals surface area contributed by atoms with Gasteiger partial charge in [-0.2, -0.15) is 0 Å². The summed E-state index contributed by atoms with van der Waals surface area (Å²) >= 11 is 6.10. The molecule has 6 nitrogen and oxygen atoms in total. The molecule has 1 unspecified atom stereocenters. The lowest BCUT2D eigenvalue weighted by atomic mass is 10.0. The van der Waals surface area contributed by atoms with E-state index >= 15 is 0 Å². The average Bonchev–Trinajstić information content (AvgIpc) is 2.74. The summed E-state index contributed by atoms with van der Waals surface area (Å²) in [6.07, 6.45) is 4.68. The van der Waals surface area contributed by atoms with Gasteiger partial charge in [-0.1, -0.05) is 29.8 Å². The van der Waals surface area contributed by atoms with Crippen LogP contribution in [-0.2, 0) is 17.5 Å². The topological polar surface area (TPSA) is 79.8 Å².